The van der Waals surface area contributed by atoms with Gasteiger partial charge in [-0.25, -0.2) is 4.79 Å². The van der Waals surface area contributed by atoms with Gasteiger partial charge in [-0.05, 0) is 46.9 Å². The average Bonchev–Trinajstić information content (AvgIpc) is 2.67. The van der Waals surface area contributed by atoms with Gasteiger partial charge in [-0.1, -0.05) is 24.3 Å². The number of ether oxygens (including phenoxy) is 1. The highest BCUT2D eigenvalue weighted by atomic mass is 127. The van der Waals surface area contributed by atoms with Gasteiger partial charge in [-0.3, -0.25) is 0 Å². The van der Waals surface area contributed by atoms with E-state index in [0.717, 1.165) is 14.8 Å². The fourth-order valence-electron chi connectivity index (χ4n) is 1.96. The molecule has 1 aliphatic heterocycles. The van der Waals surface area contributed by atoms with Crippen molar-refractivity contribution in [2.24, 2.45) is 0 Å². The SMILES string of the molecule is O=C1OC(Nc2ccccc2)c2ccc(I)cc21. The minimum absolute atomic E-state index is 0.267. The smallest absolute Gasteiger partial charge is 0.340 e. The molecule has 3 rings (SSSR count). The van der Waals surface area contributed by atoms with Crippen LogP contribution >= 0.6 is 22.6 Å². The number of esters is 1. The summed E-state index contributed by atoms with van der Waals surface area (Å²) < 4.78 is 6.37. The molecule has 4 heteroatoms. The zero-order valence-corrected chi connectivity index (χ0v) is 11.5. The van der Waals surface area contributed by atoms with Crippen LogP contribution in [-0.4, -0.2) is 5.97 Å². The van der Waals surface area contributed by atoms with E-state index in [4.69, 9.17) is 4.74 Å². The van der Waals surface area contributed by atoms with Gasteiger partial charge in [-0.15, -0.1) is 0 Å². The highest BCUT2D eigenvalue weighted by molar-refractivity contribution is 14.1. The van der Waals surface area contributed by atoms with Gasteiger partial charge in [0.25, 0.3) is 0 Å². The summed E-state index contributed by atoms with van der Waals surface area (Å²) in [6, 6.07) is 15.5. The minimum atomic E-state index is -0.396. The van der Waals surface area contributed by atoms with Crippen LogP contribution in [0, 0.1) is 3.57 Å². The Morgan fingerprint density at radius 2 is 1.89 bits per heavy atom. The van der Waals surface area contributed by atoms with Gasteiger partial charge in [0.2, 0.25) is 6.23 Å². The number of nitrogens with one attached hydrogen (secondary N) is 1. The van der Waals surface area contributed by atoms with Gasteiger partial charge < -0.3 is 10.1 Å². The van der Waals surface area contributed by atoms with Crippen LogP contribution < -0.4 is 5.32 Å². The molecule has 1 heterocycles. The number of para-hydroxylation sites is 1. The Hall–Kier alpha value is -1.56. The molecule has 0 radical (unpaired) electrons. The van der Waals surface area contributed by atoms with Crippen molar-refractivity contribution in [2.45, 2.75) is 6.23 Å². The largest absolute Gasteiger partial charge is 0.434 e. The van der Waals surface area contributed by atoms with Crippen LogP contribution in [0.2, 0.25) is 0 Å². The number of hydrogen-bond acceptors (Lipinski definition) is 3. The second-order valence-electron chi connectivity index (χ2n) is 4.03. The van der Waals surface area contributed by atoms with Crippen molar-refractivity contribution in [1.82, 2.24) is 0 Å². The molecule has 2 aromatic rings. The Bertz CT molecular complexity index is 598. The lowest BCUT2D eigenvalue weighted by Crippen LogP contribution is -2.09. The number of cyclic esters (lactones) is 1. The maximum absolute atomic E-state index is 11.8. The van der Waals surface area contributed by atoms with Crippen molar-refractivity contribution in [3.05, 3.63) is 63.2 Å². The molecule has 1 N–H and O–H groups in total. The Kier molecular flexibility index (Phi) is 2.95. The molecule has 0 saturated heterocycles. The summed E-state index contributed by atoms with van der Waals surface area (Å²) in [5, 5.41) is 3.20. The third kappa shape index (κ3) is 2.08. The summed E-state index contributed by atoms with van der Waals surface area (Å²) in [5.74, 6) is -0.267. The fraction of sp³-hybridized carbons (Fsp3) is 0.0714. The van der Waals surface area contributed by atoms with E-state index in [1.165, 1.54) is 0 Å². The third-order valence-corrected chi connectivity index (χ3v) is 3.49. The molecule has 0 spiro atoms. The number of carbonyl (C=O) groups is 1. The monoisotopic (exact) mass is 351 g/mol. The van der Waals surface area contributed by atoms with Gasteiger partial charge in [0.1, 0.15) is 0 Å². The molecule has 1 unspecified atom stereocenters. The predicted octanol–water partition coefficient (Wildman–Crippen LogP) is 3.57. The first-order valence-corrected chi connectivity index (χ1v) is 6.64. The lowest BCUT2D eigenvalue weighted by molar-refractivity contribution is 0.0437. The molecule has 0 aromatic heterocycles. The maximum atomic E-state index is 11.8. The van der Waals surface area contributed by atoms with E-state index in [-0.39, 0.29) is 5.97 Å². The molecular formula is C14H10INO2. The molecule has 1 atom stereocenters. The minimum Gasteiger partial charge on any atom is -0.434 e. The summed E-state index contributed by atoms with van der Waals surface area (Å²) >= 11 is 2.19. The average molecular weight is 351 g/mol. The van der Waals surface area contributed by atoms with Crippen LogP contribution in [0.4, 0.5) is 5.69 Å². The second kappa shape index (κ2) is 4.61. The molecule has 90 valence electrons. The predicted molar refractivity (Wildman–Crippen MR) is 77.4 cm³/mol. The van der Waals surface area contributed by atoms with E-state index in [9.17, 15) is 4.79 Å². The van der Waals surface area contributed by atoms with Crippen LogP contribution in [0.5, 0.6) is 0 Å². The molecular weight excluding hydrogens is 341 g/mol. The van der Waals surface area contributed by atoms with Gasteiger partial charge in [0, 0.05) is 14.8 Å². The lowest BCUT2D eigenvalue weighted by Gasteiger charge is -2.14. The van der Waals surface area contributed by atoms with Crippen LogP contribution in [0.15, 0.2) is 48.5 Å². The molecule has 0 fully saturated rings. The van der Waals surface area contributed by atoms with Gasteiger partial charge >= 0.3 is 5.97 Å². The van der Waals surface area contributed by atoms with E-state index >= 15 is 0 Å². The first kappa shape index (κ1) is 11.5. The highest BCUT2D eigenvalue weighted by Gasteiger charge is 2.30. The summed E-state index contributed by atoms with van der Waals surface area (Å²) in [6.07, 6.45) is -0.396. The van der Waals surface area contributed by atoms with Crippen LogP contribution in [0.25, 0.3) is 0 Å². The summed E-state index contributed by atoms with van der Waals surface area (Å²) in [6.45, 7) is 0. The number of rotatable bonds is 2. The first-order valence-electron chi connectivity index (χ1n) is 5.56. The highest BCUT2D eigenvalue weighted by Crippen LogP contribution is 2.32. The van der Waals surface area contributed by atoms with E-state index in [2.05, 4.69) is 27.9 Å². The summed E-state index contributed by atoms with van der Waals surface area (Å²) in [4.78, 5) is 11.8. The molecule has 0 aliphatic carbocycles. The number of halogens is 1. The first-order chi connectivity index (χ1) is 8.74. The molecule has 18 heavy (non-hydrogen) atoms. The zero-order valence-electron chi connectivity index (χ0n) is 9.39. The summed E-state index contributed by atoms with van der Waals surface area (Å²) in [5.41, 5.74) is 2.47. The van der Waals surface area contributed by atoms with Crippen LogP contribution in [0.3, 0.4) is 0 Å². The number of anilines is 1. The second-order valence-corrected chi connectivity index (χ2v) is 5.27. The standard InChI is InChI=1S/C14H10INO2/c15-9-6-7-11-12(8-9)14(17)18-13(11)16-10-4-2-1-3-5-10/h1-8,13,16H. The van der Waals surface area contributed by atoms with Crippen molar-refractivity contribution >= 4 is 34.2 Å². The summed E-state index contributed by atoms with van der Waals surface area (Å²) in [7, 11) is 0. The van der Waals surface area contributed by atoms with Gasteiger partial charge in [-0.2, -0.15) is 0 Å². The van der Waals surface area contributed by atoms with E-state index < -0.39 is 6.23 Å². The molecule has 0 saturated carbocycles. The topological polar surface area (TPSA) is 38.3 Å². The maximum Gasteiger partial charge on any atom is 0.340 e. The third-order valence-electron chi connectivity index (χ3n) is 2.81. The Balaban J connectivity index is 1.91. The van der Waals surface area contributed by atoms with E-state index in [0.29, 0.717) is 5.56 Å². The van der Waals surface area contributed by atoms with E-state index in [1.807, 2.05) is 48.5 Å². The fourth-order valence-corrected chi connectivity index (χ4v) is 2.45. The van der Waals surface area contributed by atoms with Crippen LogP contribution in [0.1, 0.15) is 22.1 Å². The molecule has 2 aromatic carbocycles. The van der Waals surface area contributed by atoms with Crippen molar-refractivity contribution in [2.75, 3.05) is 5.32 Å². The quantitative estimate of drug-likeness (QED) is 0.664. The number of carbonyl (C=O) groups excluding carboxylic acids is 1. The Labute approximate surface area is 118 Å². The van der Waals surface area contributed by atoms with Crippen molar-refractivity contribution in [1.29, 1.82) is 0 Å². The lowest BCUT2D eigenvalue weighted by atomic mass is 10.1. The van der Waals surface area contributed by atoms with Crippen molar-refractivity contribution < 1.29 is 9.53 Å². The van der Waals surface area contributed by atoms with Gasteiger partial charge in [0.15, 0.2) is 0 Å². The zero-order chi connectivity index (χ0) is 12.5. The molecule has 1 aliphatic rings. The Morgan fingerprint density at radius 1 is 1.11 bits per heavy atom. The number of fused-ring (bicyclic) bond motifs is 1. The van der Waals surface area contributed by atoms with E-state index in [1.54, 1.807) is 0 Å². The van der Waals surface area contributed by atoms with Gasteiger partial charge in [0.05, 0.1) is 5.56 Å². The van der Waals surface area contributed by atoms with Crippen LogP contribution in [-0.2, 0) is 4.74 Å². The number of benzene rings is 2. The van der Waals surface area contributed by atoms with Crippen molar-refractivity contribution in [3.63, 3.8) is 0 Å². The Morgan fingerprint density at radius 3 is 2.67 bits per heavy atom. The number of hydrogen-bond donors (Lipinski definition) is 1. The molecule has 3 nitrogen and oxygen atoms in total. The molecule has 0 bridgehead atoms. The van der Waals surface area contributed by atoms with Crippen molar-refractivity contribution in [3.8, 4) is 0 Å². The molecule has 0 amide bonds. The normalized spacial score (nSPS) is 17.2.